The third-order valence-electron chi connectivity index (χ3n) is 0. The molecule has 0 atom stereocenters. The minimum absolute atomic E-state index is 0. The fraction of sp³-hybridized carbons (Fsp3) is 0.500. The molecular weight excluding hydrogens is 290 g/mol. The maximum atomic E-state index is 8.89. The van der Waals surface area contributed by atoms with Crippen molar-refractivity contribution in [3.63, 3.8) is 0 Å². The van der Waals surface area contributed by atoms with Gasteiger partial charge in [0.2, 0.25) is 0 Å². The maximum Gasteiger partial charge on any atom is 3.00 e. The molecule has 0 fully saturated rings. The van der Waals surface area contributed by atoms with E-state index in [2.05, 4.69) is 0 Å². The van der Waals surface area contributed by atoms with Crippen LogP contribution in [0.25, 0.3) is 0 Å². The first-order chi connectivity index (χ1) is 5.20. The van der Waals surface area contributed by atoms with Crippen molar-refractivity contribution in [3.8, 4) is 0 Å². The van der Waals surface area contributed by atoms with Crippen LogP contribution in [0.3, 0.4) is 0 Å². The molecule has 0 aliphatic heterocycles. The van der Waals surface area contributed by atoms with Gasteiger partial charge in [-0.1, -0.05) is 0 Å². The summed E-state index contributed by atoms with van der Waals surface area (Å²) in [4.78, 5) is 26.7. The average molecular weight is 299 g/mol. The van der Waals surface area contributed by atoms with Gasteiger partial charge in [-0.3, -0.25) is 0 Å². The molecule has 0 saturated heterocycles. The van der Waals surface area contributed by atoms with Crippen molar-refractivity contribution < 1.29 is 29.7 Å². The Bertz CT molecular complexity index is 115. The summed E-state index contributed by atoms with van der Waals surface area (Å²) in [7, 11) is 0. The molecule has 0 aromatic rings. The van der Waals surface area contributed by atoms with Gasteiger partial charge in [-0.05, 0) is 20.8 Å². The molecule has 0 rings (SSSR count). The van der Waals surface area contributed by atoms with Crippen LogP contribution in [0.15, 0.2) is 0 Å². The van der Waals surface area contributed by atoms with E-state index in [0.717, 1.165) is 20.8 Å². The molecule has 74 valence electrons. The first-order valence-corrected chi connectivity index (χ1v) is 2.72. The van der Waals surface area contributed by atoms with Crippen LogP contribution in [0.2, 0.25) is 0 Å². The van der Waals surface area contributed by atoms with Crippen LogP contribution in [0, 0.1) is 0 Å². The molecule has 0 spiro atoms. The Morgan fingerprint density at radius 1 is 0.692 bits per heavy atom. The number of carboxylic acid groups (broad SMARTS) is 3. The van der Waals surface area contributed by atoms with Crippen LogP contribution in [-0.4, -0.2) is 42.3 Å². The Morgan fingerprint density at radius 3 is 0.692 bits per heavy atom. The van der Waals surface area contributed by atoms with Crippen molar-refractivity contribution in [1.82, 2.24) is 0 Å². The molecule has 0 aliphatic rings. The van der Waals surface area contributed by atoms with Crippen LogP contribution < -0.4 is 15.3 Å². The SMILES string of the molecule is CC(=O)[O-].CC(=O)[O-].CC(=O)[O-].[Sb+3]. The summed E-state index contributed by atoms with van der Waals surface area (Å²) in [6.07, 6.45) is 0. The van der Waals surface area contributed by atoms with E-state index >= 15 is 0 Å². The predicted molar refractivity (Wildman–Crippen MR) is 37.8 cm³/mol. The van der Waals surface area contributed by atoms with E-state index in [-0.39, 0.29) is 24.4 Å². The van der Waals surface area contributed by atoms with Gasteiger partial charge in [-0.2, -0.15) is 0 Å². The van der Waals surface area contributed by atoms with Crippen molar-refractivity contribution in [1.29, 1.82) is 0 Å². The van der Waals surface area contributed by atoms with E-state index in [1.54, 1.807) is 0 Å². The molecule has 7 heteroatoms. The maximum absolute atomic E-state index is 8.89. The van der Waals surface area contributed by atoms with E-state index < -0.39 is 17.9 Å². The van der Waals surface area contributed by atoms with Gasteiger partial charge in [0.15, 0.2) is 0 Å². The Kier molecular flexibility index (Phi) is 30.4. The number of carbonyl (C=O) groups is 3. The van der Waals surface area contributed by atoms with Gasteiger partial charge in [0, 0.05) is 17.9 Å². The van der Waals surface area contributed by atoms with Gasteiger partial charge in [0.25, 0.3) is 0 Å². The van der Waals surface area contributed by atoms with Crippen molar-refractivity contribution in [2.75, 3.05) is 0 Å². The summed E-state index contributed by atoms with van der Waals surface area (Å²) in [6, 6.07) is 0. The second-order valence-electron chi connectivity index (χ2n) is 1.47. The van der Waals surface area contributed by atoms with E-state index in [4.69, 9.17) is 29.7 Å². The second kappa shape index (κ2) is 17.3. The Hall–Kier alpha value is -0.772. The number of rotatable bonds is 0. The molecule has 13 heavy (non-hydrogen) atoms. The molecule has 0 N–H and O–H groups in total. The summed E-state index contributed by atoms with van der Waals surface area (Å²) in [5, 5.41) is 26.7. The summed E-state index contributed by atoms with van der Waals surface area (Å²) < 4.78 is 0. The minimum Gasteiger partial charge on any atom is -0.550 e. The molecular formula is C6H9O6Sb. The zero-order valence-electron chi connectivity index (χ0n) is 7.40. The van der Waals surface area contributed by atoms with Crippen molar-refractivity contribution in [3.05, 3.63) is 0 Å². The van der Waals surface area contributed by atoms with Gasteiger partial charge < -0.3 is 29.7 Å². The summed E-state index contributed by atoms with van der Waals surface area (Å²) in [5.74, 6) is -3.25. The Morgan fingerprint density at radius 2 is 0.692 bits per heavy atom. The van der Waals surface area contributed by atoms with Crippen LogP contribution in [0.4, 0.5) is 0 Å². The largest absolute Gasteiger partial charge is 3.00 e. The van der Waals surface area contributed by atoms with Gasteiger partial charge in [0.05, 0.1) is 0 Å². The Balaban J connectivity index is -0.0000000450. The van der Waals surface area contributed by atoms with E-state index in [1.807, 2.05) is 0 Å². The second-order valence-corrected chi connectivity index (χ2v) is 1.47. The van der Waals surface area contributed by atoms with Crippen LogP contribution in [0.1, 0.15) is 20.8 Å². The molecule has 0 aliphatic carbocycles. The third-order valence-corrected chi connectivity index (χ3v) is 0. The van der Waals surface area contributed by atoms with E-state index in [0.29, 0.717) is 0 Å². The monoisotopic (exact) mass is 298 g/mol. The third kappa shape index (κ3) is 1610. The number of aliphatic carboxylic acids is 3. The summed E-state index contributed by atoms with van der Waals surface area (Å²) in [5.41, 5.74) is 0. The zero-order chi connectivity index (χ0) is 10.7. The van der Waals surface area contributed by atoms with Crippen molar-refractivity contribution in [2.45, 2.75) is 20.8 Å². The van der Waals surface area contributed by atoms with Crippen molar-refractivity contribution in [2.24, 2.45) is 0 Å². The topological polar surface area (TPSA) is 120 Å². The molecule has 6 nitrogen and oxygen atoms in total. The van der Waals surface area contributed by atoms with E-state index in [9.17, 15) is 0 Å². The van der Waals surface area contributed by atoms with Crippen LogP contribution in [0.5, 0.6) is 0 Å². The fourth-order valence-corrected chi connectivity index (χ4v) is 0. The van der Waals surface area contributed by atoms with Gasteiger partial charge >= 0.3 is 24.4 Å². The fourth-order valence-electron chi connectivity index (χ4n) is 0. The minimum atomic E-state index is -1.08. The smallest absolute Gasteiger partial charge is 0.550 e. The molecule has 2 radical (unpaired) electrons. The summed E-state index contributed by atoms with van der Waals surface area (Å²) in [6.45, 7) is 2.92. The van der Waals surface area contributed by atoms with Crippen LogP contribution in [-0.2, 0) is 14.4 Å². The number of carbonyl (C=O) groups excluding carboxylic acids is 3. The molecule has 0 heterocycles. The molecule has 0 aromatic carbocycles. The Labute approximate surface area is 93.0 Å². The predicted octanol–water partition coefficient (Wildman–Crippen LogP) is -4.11. The molecule has 0 saturated carbocycles. The van der Waals surface area contributed by atoms with Gasteiger partial charge in [-0.15, -0.1) is 0 Å². The van der Waals surface area contributed by atoms with Crippen molar-refractivity contribution >= 4 is 42.3 Å². The van der Waals surface area contributed by atoms with E-state index in [1.165, 1.54) is 0 Å². The van der Waals surface area contributed by atoms with Gasteiger partial charge in [-0.25, -0.2) is 0 Å². The quantitative estimate of drug-likeness (QED) is 0.419. The van der Waals surface area contributed by atoms with Crippen LogP contribution >= 0.6 is 0 Å². The number of hydrogen-bond acceptors (Lipinski definition) is 6. The zero-order valence-corrected chi connectivity index (χ0v) is 9.95. The standard InChI is InChI=1S/3C2H4O2.Sb/c3*1-2(3)4;/h3*1H3,(H,3,4);/q;;;+3/p-3. The first-order valence-electron chi connectivity index (χ1n) is 2.72. The average Bonchev–Trinajstić information content (AvgIpc) is 1.54. The summed E-state index contributed by atoms with van der Waals surface area (Å²) >= 11 is 0. The first kappa shape index (κ1) is 22.8. The molecule has 0 unspecified atom stereocenters. The molecule has 0 aromatic heterocycles. The number of hydrogen-bond donors (Lipinski definition) is 0. The molecule has 0 amide bonds. The molecule has 0 bridgehead atoms. The van der Waals surface area contributed by atoms with Gasteiger partial charge in [0.1, 0.15) is 0 Å². The number of carboxylic acids is 3. The normalized spacial score (nSPS) is 5.77.